The van der Waals surface area contributed by atoms with Crippen LogP contribution in [0.4, 0.5) is 0 Å². The van der Waals surface area contributed by atoms with E-state index in [1.807, 2.05) is 6.92 Å². The third-order valence-electron chi connectivity index (χ3n) is 1.69. The van der Waals surface area contributed by atoms with Crippen molar-refractivity contribution in [2.45, 2.75) is 23.8 Å². The molecule has 0 aliphatic carbocycles. The molecule has 11 heavy (non-hydrogen) atoms. The van der Waals surface area contributed by atoms with Gasteiger partial charge in [-0.1, -0.05) is 6.92 Å². The van der Waals surface area contributed by atoms with Crippen molar-refractivity contribution >= 4 is 21.9 Å². The molecule has 2 atom stereocenters. The van der Waals surface area contributed by atoms with E-state index < -0.39 is 15.4 Å². The van der Waals surface area contributed by atoms with E-state index in [9.17, 15) is 8.42 Å². The second-order valence-corrected chi connectivity index (χ2v) is 5.54. The first-order chi connectivity index (χ1) is 4.52. The minimum absolute atomic E-state index is 0. The molecule has 6 heteroatoms. The van der Waals surface area contributed by atoms with Crippen LogP contribution in [-0.4, -0.2) is 29.2 Å². The summed E-state index contributed by atoms with van der Waals surface area (Å²) in [5.41, 5.74) is 0. The van der Waals surface area contributed by atoms with Crippen LogP contribution < -0.4 is 29.6 Å². The Balaban J connectivity index is 0. The summed E-state index contributed by atoms with van der Waals surface area (Å²) in [6, 6.07) is 0. The topological polar surface area (TPSA) is 54.4 Å². The van der Waals surface area contributed by atoms with E-state index in [2.05, 4.69) is 0 Å². The Labute approximate surface area is 94.8 Å². The van der Waals surface area contributed by atoms with Gasteiger partial charge in [0.15, 0.2) is 0 Å². The smallest absolute Gasteiger partial charge is 1.00 e. The van der Waals surface area contributed by atoms with Crippen LogP contribution in [0.3, 0.4) is 0 Å². The van der Waals surface area contributed by atoms with Crippen LogP contribution in [0.15, 0.2) is 0 Å². The molecule has 1 heterocycles. The summed E-state index contributed by atoms with van der Waals surface area (Å²) >= 11 is 1.59. The Kier molecular flexibility index (Phi) is 5.00. The molecule has 1 rings (SSSR count). The molecular weight excluding hydrogens is 195 g/mol. The van der Waals surface area contributed by atoms with Gasteiger partial charge in [0, 0.05) is 5.25 Å². The van der Waals surface area contributed by atoms with E-state index in [1.54, 1.807) is 11.8 Å². The zero-order chi connectivity index (χ0) is 7.78. The third-order valence-corrected chi connectivity index (χ3v) is 4.60. The van der Waals surface area contributed by atoms with Crippen LogP contribution >= 0.6 is 11.8 Å². The van der Waals surface area contributed by atoms with Crippen molar-refractivity contribution in [3.63, 3.8) is 0 Å². The summed E-state index contributed by atoms with van der Waals surface area (Å²) in [4.78, 5) is 0. The summed E-state index contributed by atoms with van der Waals surface area (Å²) in [5, 5.41) is -0.479. The first-order valence-electron chi connectivity index (χ1n) is 3.09. The van der Waals surface area contributed by atoms with Crippen molar-refractivity contribution in [2.75, 3.05) is 5.75 Å². The second-order valence-electron chi connectivity index (χ2n) is 2.42. The van der Waals surface area contributed by atoms with Crippen molar-refractivity contribution < 1.29 is 44.0 Å². The molecule has 62 valence electrons. The molecule has 1 fully saturated rings. The van der Waals surface area contributed by atoms with Crippen molar-refractivity contribution in [3.8, 4) is 0 Å². The SMILES string of the molecule is CC1SCCC1S(=O)(=O)O.[H-].[Na+]. The minimum atomic E-state index is -3.77. The Morgan fingerprint density at radius 1 is 1.64 bits per heavy atom. The first-order valence-corrected chi connectivity index (χ1v) is 5.65. The first kappa shape index (κ1) is 12.3. The average Bonchev–Trinajstić information content (AvgIpc) is 2.11. The van der Waals surface area contributed by atoms with Gasteiger partial charge in [-0.2, -0.15) is 20.2 Å². The van der Waals surface area contributed by atoms with E-state index in [4.69, 9.17) is 4.55 Å². The van der Waals surface area contributed by atoms with Gasteiger partial charge in [-0.15, -0.1) is 0 Å². The van der Waals surface area contributed by atoms with Gasteiger partial charge in [-0.3, -0.25) is 4.55 Å². The van der Waals surface area contributed by atoms with Gasteiger partial charge < -0.3 is 1.43 Å². The fraction of sp³-hybridized carbons (Fsp3) is 1.00. The molecular formula is C5H11NaO3S2. The van der Waals surface area contributed by atoms with E-state index >= 15 is 0 Å². The zero-order valence-corrected chi connectivity index (χ0v) is 10.3. The Morgan fingerprint density at radius 3 is 2.36 bits per heavy atom. The normalized spacial score (nSPS) is 31.5. The molecule has 0 saturated carbocycles. The van der Waals surface area contributed by atoms with Gasteiger partial charge in [0.25, 0.3) is 10.1 Å². The molecule has 1 aliphatic heterocycles. The maximum atomic E-state index is 10.6. The summed E-state index contributed by atoms with van der Waals surface area (Å²) in [7, 11) is -3.77. The predicted molar refractivity (Wildman–Crippen MR) is 43.0 cm³/mol. The summed E-state index contributed by atoms with van der Waals surface area (Å²) < 4.78 is 29.8. The Hall–Kier alpha value is 1.26. The fourth-order valence-corrected chi connectivity index (χ4v) is 3.92. The molecule has 0 bridgehead atoms. The van der Waals surface area contributed by atoms with Crippen molar-refractivity contribution in [1.82, 2.24) is 0 Å². The third kappa shape index (κ3) is 3.24. The molecule has 0 radical (unpaired) electrons. The molecule has 2 unspecified atom stereocenters. The van der Waals surface area contributed by atoms with Gasteiger partial charge >= 0.3 is 29.6 Å². The van der Waals surface area contributed by atoms with Gasteiger partial charge in [0.1, 0.15) is 0 Å². The minimum Gasteiger partial charge on any atom is -1.00 e. The van der Waals surface area contributed by atoms with Crippen LogP contribution in [0.2, 0.25) is 0 Å². The maximum Gasteiger partial charge on any atom is 1.00 e. The van der Waals surface area contributed by atoms with Crippen LogP contribution in [0.5, 0.6) is 0 Å². The van der Waals surface area contributed by atoms with E-state index in [-0.39, 0.29) is 36.2 Å². The second kappa shape index (κ2) is 4.48. The van der Waals surface area contributed by atoms with Gasteiger partial charge in [0.2, 0.25) is 0 Å². The van der Waals surface area contributed by atoms with Gasteiger partial charge in [-0.25, -0.2) is 0 Å². The summed E-state index contributed by atoms with van der Waals surface area (Å²) in [6.45, 7) is 1.83. The van der Waals surface area contributed by atoms with Crippen molar-refractivity contribution in [2.24, 2.45) is 0 Å². The molecule has 3 nitrogen and oxygen atoms in total. The molecule has 1 saturated heterocycles. The average molecular weight is 206 g/mol. The molecule has 0 aromatic carbocycles. The van der Waals surface area contributed by atoms with Crippen molar-refractivity contribution in [3.05, 3.63) is 0 Å². The van der Waals surface area contributed by atoms with Crippen LogP contribution in [0, 0.1) is 0 Å². The van der Waals surface area contributed by atoms with E-state index in [0.29, 0.717) is 6.42 Å². The Morgan fingerprint density at radius 2 is 2.18 bits per heavy atom. The number of rotatable bonds is 1. The fourth-order valence-electron chi connectivity index (χ4n) is 1.10. The van der Waals surface area contributed by atoms with E-state index in [0.717, 1.165) is 5.75 Å². The summed E-state index contributed by atoms with van der Waals surface area (Å²) in [5.74, 6) is 0.839. The number of hydrogen-bond donors (Lipinski definition) is 1. The molecule has 0 amide bonds. The maximum absolute atomic E-state index is 10.6. The molecule has 1 N–H and O–H groups in total. The summed E-state index contributed by atoms with van der Waals surface area (Å²) in [6.07, 6.45) is 0.588. The van der Waals surface area contributed by atoms with Gasteiger partial charge in [-0.05, 0) is 12.2 Å². The van der Waals surface area contributed by atoms with Crippen LogP contribution in [0.25, 0.3) is 0 Å². The largest absolute Gasteiger partial charge is 1.00 e. The molecule has 1 aliphatic rings. The van der Waals surface area contributed by atoms with E-state index in [1.165, 1.54) is 0 Å². The monoisotopic (exact) mass is 206 g/mol. The quantitative estimate of drug-likeness (QED) is 0.394. The standard InChI is InChI=1S/C5H10O3S2.Na.H/c1-4-5(2-3-9-4)10(6,7)8;;/h4-5H,2-3H2,1H3,(H,6,7,8);;/q;+1;-1. The number of thioether (sulfide) groups is 1. The Bertz CT molecular complexity index is 219. The van der Waals surface area contributed by atoms with Crippen LogP contribution in [0.1, 0.15) is 14.8 Å². The number of hydrogen-bond acceptors (Lipinski definition) is 3. The van der Waals surface area contributed by atoms with Crippen LogP contribution in [-0.2, 0) is 10.1 Å². The molecule has 0 aromatic rings. The van der Waals surface area contributed by atoms with Crippen molar-refractivity contribution in [1.29, 1.82) is 0 Å². The molecule has 0 spiro atoms. The zero-order valence-electron chi connectivity index (χ0n) is 7.65. The predicted octanol–water partition coefficient (Wildman–Crippen LogP) is -2.12. The molecule has 0 aromatic heterocycles. The van der Waals surface area contributed by atoms with Gasteiger partial charge in [0.05, 0.1) is 5.25 Å².